The van der Waals surface area contributed by atoms with Crippen molar-refractivity contribution in [2.45, 2.75) is 0 Å². The number of rotatable bonds is 2. The van der Waals surface area contributed by atoms with E-state index < -0.39 is 10.3 Å². The topological polar surface area (TPSA) is 78.6 Å². The summed E-state index contributed by atoms with van der Waals surface area (Å²) in [6.07, 6.45) is 1.59. The van der Waals surface area contributed by atoms with Crippen LogP contribution in [0.2, 0.25) is 0 Å². The van der Waals surface area contributed by atoms with Crippen LogP contribution in [0.3, 0.4) is 0 Å². The number of nitrogens with two attached hydrogens (primary N) is 1. The van der Waals surface area contributed by atoms with E-state index in [1.165, 1.54) is 0 Å². The van der Waals surface area contributed by atoms with Gasteiger partial charge in [-0.2, -0.15) is 13.6 Å². The quantitative estimate of drug-likeness (QED) is 0.804. The monoisotopic (exact) mass is 227 g/mol. The van der Waals surface area contributed by atoms with Crippen molar-refractivity contribution in [3.05, 3.63) is 35.6 Å². The fourth-order valence-electron chi connectivity index (χ4n) is 1.29. The highest BCUT2D eigenvalue weighted by molar-refractivity contribution is 7.84. The molecule has 0 aliphatic carbocycles. The lowest BCUT2D eigenvalue weighted by Crippen LogP contribution is -2.19. The zero-order chi connectivity index (χ0) is 10.9. The van der Waals surface area contributed by atoms with Gasteiger partial charge < -0.3 is 8.92 Å². The number of para-hydroxylation sites is 1. The van der Waals surface area contributed by atoms with Crippen molar-refractivity contribution >= 4 is 16.4 Å². The number of hydrogen-bond acceptors (Lipinski definition) is 4. The van der Waals surface area contributed by atoms with Gasteiger partial charge >= 0.3 is 10.3 Å². The Morgan fingerprint density at radius 3 is 2.80 bits per heavy atom. The Morgan fingerprint density at radius 1 is 1.33 bits per heavy atom. The van der Waals surface area contributed by atoms with Gasteiger partial charge in [0.2, 0.25) is 0 Å². The van der Waals surface area contributed by atoms with E-state index in [1.807, 2.05) is 12.1 Å². The lowest BCUT2D eigenvalue weighted by atomic mass is 10.1. The highest BCUT2D eigenvalue weighted by atomic mass is 32.2. The molecule has 0 unspecified atom stereocenters. The molecule has 0 fully saturated rings. The maximum absolute atomic E-state index is 10.7. The van der Waals surface area contributed by atoms with E-state index in [-0.39, 0.29) is 12.4 Å². The second-order valence-electron chi connectivity index (χ2n) is 3.01. The second kappa shape index (κ2) is 3.56. The molecule has 0 radical (unpaired) electrons. The van der Waals surface area contributed by atoms with Crippen molar-refractivity contribution in [2.75, 3.05) is 6.61 Å². The summed E-state index contributed by atoms with van der Waals surface area (Å²) in [5, 5.41) is 4.74. The predicted molar refractivity (Wildman–Crippen MR) is 54.1 cm³/mol. The van der Waals surface area contributed by atoms with Gasteiger partial charge in [-0.25, -0.2) is 0 Å². The number of hydrogen-bond donors (Lipinski definition) is 1. The Bertz CT molecular complexity index is 507. The van der Waals surface area contributed by atoms with Crippen molar-refractivity contribution in [1.29, 1.82) is 0 Å². The number of benzene rings is 1. The number of fused-ring (bicyclic) bond motifs is 1. The van der Waals surface area contributed by atoms with Crippen molar-refractivity contribution < 1.29 is 17.3 Å². The van der Waals surface area contributed by atoms with E-state index in [0.29, 0.717) is 5.75 Å². The Morgan fingerprint density at radius 2 is 2.07 bits per heavy atom. The summed E-state index contributed by atoms with van der Waals surface area (Å²) in [4.78, 5) is 0. The van der Waals surface area contributed by atoms with Crippen molar-refractivity contribution in [3.8, 4) is 5.75 Å². The molecular weight excluding hydrogens is 218 g/mol. The van der Waals surface area contributed by atoms with Crippen LogP contribution in [0.5, 0.6) is 5.75 Å². The molecule has 2 rings (SSSR count). The molecule has 5 nitrogen and oxygen atoms in total. The van der Waals surface area contributed by atoms with Crippen molar-refractivity contribution in [2.24, 2.45) is 5.14 Å². The van der Waals surface area contributed by atoms with Gasteiger partial charge in [0.25, 0.3) is 0 Å². The van der Waals surface area contributed by atoms with Gasteiger partial charge in [-0.1, -0.05) is 18.2 Å². The molecule has 0 atom stereocenters. The van der Waals surface area contributed by atoms with Gasteiger partial charge in [0.15, 0.2) is 5.76 Å². The van der Waals surface area contributed by atoms with Crippen LogP contribution in [-0.2, 0) is 14.5 Å². The largest absolute Gasteiger partial charge is 0.485 e. The van der Waals surface area contributed by atoms with Gasteiger partial charge in [-0.05, 0) is 12.1 Å². The molecule has 15 heavy (non-hydrogen) atoms. The Kier molecular flexibility index (Phi) is 2.37. The normalized spacial score (nSPS) is 14.9. The van der Waals surface area contributed by atoms with Crippen molar-refractivity contribution in [1.82, 2.24) is 0 Å². The van der Waals surface area contributed by atoms with Gasteiger partial charge in [-0.15, -0.1) is 0 Å². The van der Waals surface area contributed by atoms with Crippen LogP contribution in [0.1, 0.15) is 5.56 Å². The summed E-state index contributed by atoms with van der Waals surface area (Å²) in [5.41, 5.74) is 0.766. The standard InChI is InChI=1S/C9H9NO4S/c10-15(11,12)14-8-5-7-3-1-2-4-9(7)13-6-8/h1-5H,6H2,(H2,10,11,12). The minimum absolute atomic E-state index is 0.0629. The van der Waals surface area contributed by atoms with Crippen LogP contribution in [0.4, 0.5) is 0 Å². The average Bonchev–Trinajstić information content (AvgIpc) is 2.15. The smallest absolute Gasteiger partial charge is 0.379 e. The molecule has 0 aromatic heterocycles. The predicted octanol–water partition coefficient (Wildman–Crippen LogP) is 0.640. The summed E-state index contributed by atoms with van der Waals surface area (Å²) in [7, 11) is -3.97. The average molecular weight is 227 g/mol. The molecular formula is C9H9NO4S. The summed E-state index contributed by atoms with van der Waals surface area (Å²) in [6.45, 7) is 0.0629. The van der Waals surface area contributed by atoms with Crippen LogP contribution in [0.15, 0.2) is 30.0 Å². The lowest BCUT2D eigenvalue weighted by Gasteiger charge is -2.16. The van der Waals surface area contributed by atoms with Crippen LogP contribution < -0.4 is 9.88 Å². The molecule has 0 bridgehead atoms. The molecule has 0 saturated carbocycles. The molecule has 0 amide bonds. The van der Waals surface area contributed by atoms with Gasteiger partial charge in [-0.3, -0.25) is 0 Å². The Hall–Kier alpha value is -1.53. The molecule has 6 heteroatoms. The zero-order valence-electron chi connectivity index (χ0n) is 7.71. The number of ether oxygens (including phenoxy) is 1. The van der Waals surface area contributed by atoms with Gasteiger partial charge in [0.05, 0.1) is 0 Å². The Labute approximate surface area is 87.4 Å². The highest BCUT2D eigenvalue weighted by Crippen LogP contribution is 2.26. The van der Waals surface area contributed by atoms with E-state index in [2.05, 4.69) is 4.18 Å². The first-order valence-corrected chi connectivity index (χ1v) is 5.66. The first-order chi connectivity index (χ1) is 7.04. The van der Waals surface area contributed by atoms with Crippen LogP contribution in [0, 0.1) is 0 Å². The maximum atomic E-state index is 10.7. The Balaban J connectivity index is 2.30. The van der Waals surface area contributed by atoms with E-state index >= 15 is 0 Å². The van der Waals surface area contributed by atoms with E-state index in [4.69, 9.17) is 9.88 Å². The van der Waals surface area contributed by atoms with Gasteiger partial charge in [0.1, 0.15) is 12.4 Å². The van der Waals surface area contributed by atoms with Crippen molar-refractivity contribution in [3.63, 3.8) is 0 Å². The molecule has 1 aliphatic heterocycles. The van der Waals surface area contributed by atoms with E-state index in [9.17, 15) is 8.42 Å². The molecule has 0 spiro atoms. The van der Waals surface area contributed by atoms with Crippen LogP contribution in [-0.4, -0.2) is 15.0 Å². The third kappa shape index (κ3) is 2.48. The minimum atomic E-state index is -3.97. The fourth-order valence-corrected chi connectivity index (χ4v) is 1.69. The molecule has 1 aliphatic rings. The van der Waals surface area contributed by atoms with E-state index in [1.54, 1.807) is 18.2 Å². The van der Waals surface area contributed by atoms with Crippen LogP contribution in [0.25, 0.3) is 6.08 Å². The molecule has 2 N–H and O–H groups in total. The first-order valence-electron chi connectivity index (χ1n) is 4.19. The second-order valence-corrected chi connectivity index (χ2v) is 4.17. The molecule has 1 aromatic carbocycles. The molecule has 80 valence electrons. The fraction of sp³-hybridized carbons (Fsp3) is 0.111. The molecule has 1 heterocycles. The van der Waals surface area contributed by atoms with E-state index in [0.717, 1.165) is 5.56 Å². The third-order valence-electron chi connectivity index (χ3n) is 1.83. The molecule has 1 aromatic rings. The lowest BCUT2D eigenvalue weighted by molar-refractivity contribution is 0.278. The summed E-state index contributed by atoms with van der Waals surface area (Å²) in [6, 6.07) is 7.23. The highest BCUT2D eigenvalue weighted by Gasteiger charge is 2.15. The molecule has 0 saturated heterocycles. The summed E-state index contributed by atoms with van der Waals surface area (Å²) >= 11 is 0. The summed E-state index contributed by atoms with van der Waals surface area (Å²) < 4.78 is 31.1. The third-order valence-corrected chi connectivity index (χ3v) is 2.28. The maximum Gasteiger partial charge on any atom is 0.379 e. The van der Waals surface area contributed by atoms with Crippen LogP contribution >= 0.6 is 0 Å². The zero-order valence-corrected chi connectivity index (χ0v) is 8.53. The first kappa shape index (κ1) is 10.0. The van der Waals surface area contributed by atoms with Gasteiger partial charge in [0, 0.05) is 5.56 Å². The minimum Gasteiger partial charge on any atom is -0.485 e. The summed E-state index contributed by atoms with van der Waals surface area (Å²) in [5.74, 6) is 0.871. The SMILES string of the molecule is NS(=O)(=O)OC1=Cc2ccccc2OC1.